The summed E-state index contributed by atoms with van der Waals surface area (Å²) in [6.07, 6.45) is 7.37. The Morgan fingerprint density at radius 1 is 1.16 bits per heavy atom. The molecule has 194 valence electrons. The molecule has 11 nitrogen and oxygen atoms in total. The normalized spacial score (nSPS) is 14.4. The van der Waals surface area contributed by atoms with E-state index in [0.717, 1.165) is 49.5 Å². The van der Waals surface area contributed by atoms with Gasteiger partial charge in [-0.25, -0.2) is 19.3 Å². The predicted molar refractivity (Wildman–Crippen MR) is 143 cm³/mol. The minimum absolute atomic E-state index is 0.118. The molecule has 5 aromatic rings. The Bertz CT molecular complexity index is 1640. The summed E-state index contributed by atoms with van der Waals surface area (Å²) in [5.74, 6) is 0.625. The number of H-pyrrole nitrogens is 2. The number of imidazole rings is 1. The van der Waals surface area contributed by atoms with Crippen LogP contribution in [-0.2, 0) is 4.79 Å². The van der Waals surface area contributed by atoms with Crippen molar-refractivity contribution in [3.63, 3.8) is 0 Å². The van der Waals surface area contributed by atoms with Crippen molar-refractivity contribution < 1.29 is 9.18 Å². The first-order chi connectivity index (χ1) is 18.5. The molecule has 0 bridgehead atoms. The van der Waals surface area contributed by atoms with E-state index in [1.165, 1.54) is 18.6 Å². The van der Waals surface area contributed by atoms with E-state index >= 15 is 4.39 Å². The second kappa shape index (κ2) is 9.78. The summed E-state index contributed by atoms with van der Waals surface area (Å²) in [6, 6.07) is 3.54. The van der Waals surface area contributed by atoms with Gasteiger partial charge in [-0.2, -0.15) is 5.10 Å². The number of rotatable bonds is 6. The number of likely N-dealkylation sites (N-methyl/N-ethyl adjacent to an activating group) is 1. The molecule has 0 atom stereocenters. The number of pyridine rings is 3. The van der Waals surface area contributed by atoms with Crippen LogP contribution in [0.4, 0.5) is 15.9 Å². The quantitative estimate of drug-likeness (QED) is 0.313. The SMILES string of the molecule is CCCC(=O)Nc1cncc(-c2cnc3n[nH]c(-c4nc5c(N6CCN(C)CC6)nccc5[nH]4)c3c2F)c1. The molecule has 12 heteroatoms. The number of hydrogen-bond acceptors (Lipinski definition) is 8. The summed E-state index contributed by atoms with van der Waals surface area (Å²) in [6.45, 7) is 5.52. The average molecular weight is 515 g/mol. The van der Waals surface area contributed by atoms with Crippen LogP contribution in [0.1, 0.15) is 19.8 Å². The molecule has 38 heavy (non-hydrogen) atoms. The molecule has 1 aliphatic rings. The van der Waals surface area contributed by atoms with Gasteiger partial charge >= 0.3 is 0 Å². The van der Waals surface area contributed by atoms with Crippen LogP contribution in [0.5, 0.6) is 0 Å². The summed E-state index contributed by atoms with van der Waals surface area (Å²) in [7, 11) is 2.10. The van der Waals surface area contributed by atoms with Gasteiger partial charge in [-0.05, 0) is 25.6 Å². The Hall–Kier alpha value is -4.45. The molecule has 1 saturated heterocycles. The lowest BCUT2D eigenvalue weighted by Gasteiger charge is -2.33. The maximum atomic E-state index is 16.0. The van der Waals surface area contributed by atoms with Gasteiger partial charge in [0.15, 0.2) is 17.3 Å². The summed E-state index contributed by atoms with van der Waals surface area (Å²) < 4.78 is 16.0. The lowest BCUT2D eigenvalue weighted by Crippen LogP contribution is -2.44. The van der Waals surface area contributed by atoms with Crippen LogP contribution in [0.2, 0.25) is 0 Å². The zero-order chi connectivity index (χ0) is 26.2. The topological polar surface area (TPSA) is 132 Å². The lowest BCUT2D eigenvalue weighted by atomic mass is 10.1. The zero-order valence-electron chi connectivity index (χ0n) is 21.1. The van der Waals surface area contributed by atoms with Crippen LogP contribution < -0.4 is 10.2 Å². The fourth-order valence-electron chi connectivity index (χ4n) is 4.72. The van der Waals surface area contributed by atoms with E-state index in [-0.39, 0.29) is 22.5 Å². The smallest absolute Gasteiger partial charge is 0.224 e. The number of hydrogen-bond donors (Lipinski definition) is 3. The Labute approximate surface area is 217 Å². The molecule has 1 aliphatic heterocycles. The van der Waals surface area contributed by atoms with Gasteiger partial charge in [-0.15, -0.1) is 0 Å². The van der Waals surface area contributed by atoms with Crippen molar-refractivity contribution >= 4 is 39.5 Å². The number of halogens is 1. The van der Waals surface area contributed by atoms with Crippen molar-refractivity contribution in [3.05, 3.63) is 42.7 Å². The number of aromatic amines is 2. The molecular formula is C26H27FN10O. The van der Waals surface area contributed by atoms with Crippen LogP contribution in [0.3, 0.4) is 0 Å². The maximum Gasteiger partial charge on any atom is 0.224 e. The molecule has 0 aliphatic carbocycles. The lowest BCUT2D eigenvalue weighted by molar-refractivity contribution is -0.116. The number of anilines is 2. The van der Waals surface area contributed by atoms with Gasteiger partial charge in [0.2, 0.25) is 5.91 Å². The van der Waals surface area contributed by atoms with Gasteiger partial charge in [-0.3, -0.25) is 14.9 Å². The highest BCUT2D eigenvalue weighted by Crippen LogP contribution is 2.34. The second-order valence-corrected chi connectivity index (χ2v) is 9.45. The van der Waals surface area contributed by atoms with Crippen molar-refractivity contribution in [2.45, 2.75) is 19.8 Å². The fourth-order valence-corrected chi connectivity index (χ4v) is 4.72. The number of carbonyl (C=O) groups is 1. The van der Waals surface area contributed by atoms with Crippen molar-refractivity contribution in [2.24, 2.45) is 0 Å². The van der Waals surface area contributed by atoms with Crippen LogP contribution in [-0.4, -0.2) is 79.2 Å². The van der Waals surface area contributed by atoms with Crippen LogP contribution >= 0.6 is 0 Å². The van der Waals surface area contributed by atoms with Gasteiger partial charge in [-0.1, -0.05) is 6.92 Å². The standard InChI is InChI=1S/C26H27FN10O/c1-3-4-19(38)31-16-11-15(12-28-13-16)17-14-30-24-20(21(17)27)23(34-35-24)25-32-18-5-6-29-26(22(18)33-25)37-9-7-36(2)8-10-37/h5-6,11-14H,3-4,7-10H2,1-2H3,(H,31,38)(H,32,33)(H,30,34,35). The van der Waals surface area contributed by atoms with E-state index in [9.17, 15) is 4.79 Å². The maximum absolute atomic E-state index is 16.0. The van der Waals surface area contributed by atoms with Crippen molar-refractivity contribution in [2.75, 3.05) is 43.4 Å². The molecule has 0 saturated carbocycles. The summed E-state index contributed by atoms with van der Waals surface area (Å²) >= 11 is 0. The number of fused-ring (bicyclic) bond motifs is 2. The Balaban J connectivity index is 1.39. The first-order valence-corrected chi connectivity index (χ1v) is 12.6. The number of aromatic nitrogens is 7. The average Bonchev–Trinajstić information content (AvgIpc) is 3.54. The van der Waals surface area contributed by atoms with E-state index in [4.69, 9.17) is 4.98 Å². The highest BCUT2D eigenvalue weighted by atomic mass is 19.1. The molecule has 0 aromatic carbocycles. The van der Waals surface area contributed by atoms with E-state index in [1.54, 1.807) is 12.3 Å². The molecule has 3 N–H and O–H groups in total. The summed E-state index contributed by atoms with van der Waals surface area (Å²) in [4.78, 5) is 37.8. The monoisotopic (exact) mass is 514 g/mol. The highest BCUT2D eigenvalue weighted by molar-refractivity contribution is 5.96. The summed E-state index contributed by atoms with van der Waals surface area (Å²) in [5, 5.41) is 10.1. The van der Waals surface area contributed by atoms with Gasteiger partial charge in [0.1, 0.15) is 17.0 Å². The molecule has 1 amide bonds. The van der Waals surface area contributed by atoms with E-state index in [2.05, 4.69) is 52.3 Å². The zero-order valence-corrected chi connectivity index (χ0v) is 21.1. The van der Waals surface area contributed by atoms with Crippen molar-refractivity contribution in [1.82, 2.24) is 40.0 Å². The van der Waals surface area contributed by atoms with Crippen LogP contribution in [0, 0.1) is 5.82 Å². The third kappa shape index (κ3) is 4.32. The van der Waals surface area contributed by atoms with Crippen LogP contribution in [0.25, 0.3) is 44.7 Å². The van der Waals surface area contributed by atoms with Crippen molar-refractivity contribution in [3.8, 4) is 22.6 Å². The van der Waals surface area contributed by atoms with Gasteiger partial charge in [0, 0.05) is 62.3 Å². The highest BCUT2D eigenvalue weighted by Gasteiger charge is 2.23. The van der Waals surface area contributed by atoms with Crippen molar-refractivity contribution in [1.29, 1.82) is 0 Å². The third-order valence-corrected chi connectivity index (χ3v) is 6.75. The van der Waals surface area contributed by atoms with Gasteiger partial charge < -0.3 is 20.1 Å². The Morgan fingerprint density at radius 3 is 2.82 bits per heavy atom. The fraction of sp³-hybridized carbons (Fsp3) is 0.308. The number of carbonyl (C=O) groups excluding carboxylic acids is 1. The minimum Gasteiger partial charge on any atom is -0.352 e. The predicted octanol–water partition coefficient (Wildman–Crippen LogP) is 3.59. The molecule has 1 fully saturated rings. The van der Waals surface area contributed by atoms with E-state index in [1.807, 2.05) is 13.0 Å². The summed E-state index contributed by atoms with van der Waals surface area (Å²) in [5.41, 5.74) is 3.39. The molecule has 6 heterocycles. The molecule has 0 spiro atoms. The molecule has 5 aromatic heterocycles. The Kier molecular flexibility index (Phi) is 6.16. The molecular weight excluding hydrogens is 487 g/mol. The molecule has 0 unspecified atom stereocenters. The minimum atomic E-state index is -0.504. The first kappa shape index (κ1) is 23.9. The number of amides is 1. The van der Waals surface area contributed by atoms with Gasteiger partial charge in [0.25, 0.3) is 0 Å². The second-order valence-electron chi connectivity index (χ2n) is 9.45. The van der Waals surface area contributed by atoms with Gasteiger partial charge in [0.05, 0.1) is 22.8 Å². The van der Waals surface area contributed by atoms with E-state index < -0.39 is 5.82 Å². The van der Waals surface area contributed by atoms with E-state index in [0.29, 0.717) is 29.2 Å². The number of nitrogens with one attached hydrogen (secondary N) is 3. The third-order valence-electron chi connectivity index (χ3n) is 6.75. The number of piperazine rings is 1. The largest absolute Gasteiger partial charge is 0.352 e. The Morgan fingerprint density at radius 2 is 2.00 bits per heavy atom. The first-order valence-electron chi connectivity index (χ1n) is 12.6. The molecule has 0 radical (unpaired) electrons. The van der Waals surface area contributed by atoms with Crippen LogP contribution in [0.15, 0.2) is 36.9 Å². The number of nitrogens with zero attached hydrogens (tertiary/aromatic N) is 7. The molecule has 6 rings (SSSR count).